The fourth-order valence-electron chi connectivity index (χ4n) is 8.46. The van der Waals surface area contributed by atoms with Gasteiger partial charge in [-0.2, -0.15) is 5.26 Å². The van der Waals surface area contributed by atoms with Gasteiger partial charge in [-0.3, -0.25) is 9.59 Å². The number of carbonyl (C=O) groups is 3. The second-order valence-corrected chi connectivity index (χ2v) is 14.8. The quantitative estimate of drug-likeness (QED) is 0.344. The van der Waals surface area contributed by atoms with Crippen LogP contribution in [0.2, 0.25) is 0 Å². The van der Waals surface area contributed by atoms with Crippen molar-refractivity contribution >= 4 is 40.4 Å². The standard InChI is InChI=1S/C35H34FNO5S2/c1-32-16-14-24(38)20-23(32)10-13-28-27-15-17-34(31(41)43-19-18-37,33(27,2)21-29(39)35(28,32)36)42-30(40)22-8-11-26(12-9-22)44-25-6-4-3-5-7-25/h3-9,11-12,14,16,20,27-29,39H,10,13,15,17,19,21H2,1-2H3. The van der Waals surface area contributed by atoms with Crippen LogP contribution in [0.25, 0.3) is 0 Å². The highest BCUT2D eigenvalue weighted by atomic mass is 32.2. The Balaban J connectivity index is 1.32. The number of nitrogens with zero attached hydrogens (tertiary/aromatic N) is 1. The molecule has 7 atom stereocenters. The van der Waals surface area contributed by atoms with Gasteiger partial charge in [0.25, 0.3) is 0 Å². The number of hydrogen-bond donors (Lipinski definition) is 1. The zero-order chi connectivity index (χ0) is 31.3. The van der Waals surface area contributed by atoms with Crippen LogP contribution in [0.1, 0.15) is 56.3 Å². The van der Waals surface area contributed by atoms with Crippen molar-refractivity contribution in [3.8, 4) is 6.07 Å². The predicted molar refractivity (Wildman–Crippen MR) is 167 cm³/mol. The average Bonchev–Trinajstić information content (AvgIpc) is 3.29. The summed E-state index contributed by atoms with van der Waals surface area (Å²) in [7, 11) is 0. The summed E-state index contributed by atoms with van der Waals surface area (Å²) in [4.78, 5) is 41.8. The number of carbonyl (C=O) groups excluding carboxylic acids is 3. The summed E-state index contributed by atoms with van der Waals surface area (Å²) in [6, 6.07) is 18.8. The Labute approximate surface area is 265 Å². The van der Waals surface area contributed by atoms with Crippen molar-refractivity contribution in [1.29, 1.82) is 5.26 Å². The van der Waals surface area contributed by atoms with Crippen LogP contribution in [0.3, 0.4) is 0 Å². The molecule has 0 aliphatic heterocycles. The van der Waals surface area contributed by atoms with Crippen molar-refractivity contribution in [3.05, 3.63) is 84.0 Å². The first-order chi connectivity index (χ1) is 21.0. The highest BCUT2D eigenvalue weighted by Crippen LogP contribution is 2.70. The Morgan fingerprint density at radius 1 is 1.07 bits per heavy atom. The first-order valence-electron chi connectivity index (χ1n) is 14.9. The largest absolute Gasteiger partial charge is 0.446 e. The number of ketones is 1. The minimum atomic E-state index is -2.06. The molecule has 9 heteroatoms. The lowest BCUT2D eigenvalue weighted by Crippen LogP contribution is -2.69. The first-order valence-corrected chi connectivity index (χ1v) is 16.7. The van der Waals surface area contributed by atoms with E-state index >= 15 is 4.39 Å². The summed E-state index contributed by atoms with van der Waals surface area (Å²) in [6.07, 6.45) is 4.39. The molecule has 7 unspecified atom stereocenters. The van der Waals surface area contributed by atoms with Gasteiger partial charge >= 0.3 is 5.97 Å². The van der Waals surface area contributed by atoms with E-state index < -0.39 is 45.2 Å². The summed E-state index contributed by atoms with van der Waals surface area (Å²) in [5.41, 5.74) is -4.99. The van der Waals surface area contributed by atoms with Crippen LogP contribution >= 0.6 is 23.5 Å². The summed E-state index contributed by atoms with van der Waals surface area (Å²) in [5, 5.41) is 20.5. The molecule has 6 rings (SSSR count). The number of alkyl halides is 1. The SMILES string of the molecule is CC12C=CC(=O)C=C1CCC1C3CCC(OC(=O)c4ccc(Sc5ccccc5)cc4)(C(=O)SCC#N)C3(C)CC(O)C12F. The van der Waals surface area contributed by atoms with Crippen LogP contribution in [0.5, 0.6) is 0 Å². The number of ether oxygens (including phenoxy) is 1. The molecule has 0 aromatic heterocycles. The Morgan fingerprint density at radius 3 is 2.48 bits per heavy atom. The van der Waals surface area contributed by atoms with Crippen molar-refractivity contribution in [2.45, 2.75) is 73.1 Å². The molecule has 2 aromatic carbocycles. The lowest BCUT2D eigenvalue weighted by atomic mass is 9.45. The number of nitriles is 1. The van der Waals surface area contributed by atoms with Gasteiger partial charge in [0.2, 0.25) is 5.12 Å². The summed E-state index contributed by atoms with van der Waals surface area (Å²) in [5.74, 6) is -1.97. The molecule has 0 amide bonds. The summed E-state index contributed by atoms with van der Waals surface area (Å²) >= 11 is 2.36. The number of rotatable bonds is 6. The molecule has 3 fully saturated rings. The molecule has 0 heterocycles. The molecule has 44 heavy (non-hydrogen) atoms. The van der Waals surface area contributed by atoms with Crippen molar-refractivity contribution in [2.24, 2.45) is 22.7 Å². The third kappa shape index (κ3) is 4.60. The third-order valence-electron chi connectivity index (χ3n) is 10.7. The van der Waals surface area contributed by atoms with Crippen LogP contribution in [-0.2, 0) is 14.3 Å². The second-order valence-electron chi connectivity index (χ2n) is 12.7. The molecule has 6 nitrogen and oxygen atoms in total. The predicted octanol–water partition coefficient (Wildman–Crippen LogP) is 6.89. The Bertz CT molecular complexity index is 1600. The smallest absolute Gasteiger partial charge is 0.339 e. The lowest BCUT2D eigenvalue weighted by Gasteiger charge is -2.62. The number of allylic oxidation sites excluding steroid dienone is 4. The van der Waals surface area contributed by atoms with Crippen molar-refractivity contribution in [2.75, 3.05) is 5.75 Å². The zero-order valence-corrected chi connectivity index (χ0v) is 26.3. The minimum absolute atomic E-state index is 0.103. The normalized spacial score (nSPS) is 35.5. The van der Waals surface area contributed by atoms with Crippen LogP contribution < -0.4 is 0 Å². The molecule has 0 saturated heterocycles. The first kappa shape index (κ1) is 30.8. The van der Waals surface area contributed by atoms with Crippen molar-refractivity contribution < 1.29 is 28.6 Å². The van der Waals surface area contributed by atoms with E-state index in [1.54, 1.807) is 36.9 Å². The fourth-order valence-corrected chi connectivity index (χ4v) is 10.1. The molecule has 3 saturated carbocycles. The number of hydrogen-bond acceptors (Lipinski definition) is 8. The van der Waals surface area contributed by atoms with E-state index in [0.717, 1.165) is 21.6 Å². The van der Waals surface area contributed by atoms with Gasteiger partial charge in [0.05, 0.1) is 23.5 Å². The summed E-state index contributed by atoms with van der Waals surface area (Å²) < 4.78 is 23.8. The molecule has 0 bridgehead atoms. The van der Waals surface area contributed by atoms with Gasteiger partial charge in [-0.15, -0.1) is 0 Å². The second kappa shape index (κ2) is 11.3. The Morgan fingerprint density at radius 2 is 1.77 bits per heavy atom. The molecule has 2 aromatic rings. The van der Waals surface area contributed by atoms with Crippen LogP contribution in [-0.4, -0.2) is 45.1 Å². The van der Waals surface area contributed by atoms with Gasteiger partial charge in [0.15, 0.2) is 17.1 Å². The minimum Gasteiger partial charge on any atom is -0.446 e. The number of thioether (sulfide) groups is 1. The number of fused-ring (bicyclic) bond motifs is 5. The maximum atomic E-state index is 17.5. The molecule has 228 valence electrons. The maximum Gasteiger partial charge on any atom is 0.339 e. The monoisotopic (exact) mass is 631 g/mol. The van der Waals surface area contributed by atoms with Crippen LogP contribution in [0.15, 0.2) is 88.2 Å². The topological polar surface area (TPSA) is 104 Å². The molecular weight excluding hydrogens is 598 g/mol. The molecule has 4 aliphatic rings. The molecule has 0 radical (unpaired) electrons. The van der Waals surface area contributed by atoms with E-state index in [1.165, 1.54) is 12.2 Å². The van der Waals surface area contributed by atoms with Crippen LogP contribution in [0.4, 0.5) is 4.39 Å². The van der Waals surface area contributed by atoms with E-state index in [-0.39, 0.29) is 35.9 Å². The van der Waals surface area contributed by atoms with Crippen molar-refractivity contribution in [1.82, 2.24) is 0 Å². The van der Waals surface area contributed by atoms with Gasteiger partial charge in [-0.1, -0.05) is 60.3 Å². The Hall–Kier alpha value is -3.19. The van der Waals surface area contributed by atoms with Gasteiger partial charge in [0, 0.05) is 26.5 Å². The molecular formula is C35H34FNO5S2. The lowest BCUT2D eigenvalue weighted by molar-refractivity contribution is -0.214. The van der Waals surface area contributed by atoms with Gasteiger partial charge in [-0.25, -0.2) is 9.18 Å². The number of esters is 1. The molecule has 4 aliphatic carbocycles. The van der Waals surface area contributed by atoms with E-state index in [1.807, 2.05) is 55.5 Å². The molecule has 0 spiro atoms. The highest BCUT2D eigenvalue weighted by Gasteiger charge is 2.75. The Kier molecular flexibility index (Phi) is 7.92. The van der Waals surface area contributed by atoms with Gasteiger partial charge in [0.1, 0.15) is 0 Å². The van der Waals surface area contributed by atoms with Crippen molar-refractivity contribution in [3.63, 3.8) is 0 Å². The van der Waals surface area contributed by atoms with E-state index in [0.29, 0.717) is 24.8 Å². The van der Waals surface area contributed by atoms with Gasteiger partial charge < -0.3 is 9.84 Å². The number of aliphatic hydroxyl groups excluding tert-OH is 1. The number of benzene rings is 2. The summed E-state index contributed by atoms with van der Waals surface area (Å²) in [6.45, 7) is 3.58. The van der Waals surface area contributed by atoms with E-state index in [9.17, 15) is 24.8 Å². The highest BCUT2D eigenvalue weighted by molar-refractivity contribution is 8.14. The zero-order valence-electron chi connectivity index (χ0n) is 24.6. The number of aliphatic hydroxyl groups is 1. The maximum absolute atomic E-state index is 17.5. The van der Waals surface area contributed by atoms with Gasteiger partial charge in [-0.05, 0) is 93.5 Å². The third-order valence-corrected chi connectivity index (χ3v) is 12.6. The number of halogens is 1. The fraction of sp³-hybridized carbons (Fsp3) is 0.429. The molecule has 1 N–H and O–H groups in total. The van der Waals surface area contributed by atoms with E-state index in [2.05, 4.69) is 0 Å². The van der Waals surface area contributed by atoms with E-state index in [4.69, 9.17) is 4.74 Å². The van der Waals surface area contributed by atoms with Crippen LogP contribution in [0, 0.1) is 34.0 Å². The average molecular weight is 632 g/mol.